The van der Waals surface area contributed by atoms with Gasteiger partial charge < -0.3 is 4.74 Å². The van der Waals surface area contributed by atoms with Gasteiger partial charge in [0.25, 0.3) is 20.0 Å². The van der Waals surface area contributed by atoms with E-state index in [0.717, 1.165) is 31.4 Å². The second-order valence-corrected chi connectivity index (χ2v) is 11.8. The van der Waals surface area contributed by atoms with Crippen LogP contribution in [0.25, 0.3) is 0 Å². The molecule has 0 aromatic heterocycles. The van der Waals surface area contributed by atoms with E-state index in [1.807, 2.05) is 9.44 Å². The highest BCUT2D eigenvalue weighted by Gasteiger charge is 2.27. The fourth-order valence-electron chi connectivity index (χ4n) is 2.84. The fraction of sp³-hybridized carbons (Fsp3) is 0.0526. The van der Waals surface area contributed by atoms with Crippen molar-refractivity contribution in [1.29, 1.82) is 0 Å². The summed E-state index contributed by atoms with van der Waals surface area (Å²) in [5.41, 5.74) is -1.75. The molecule has 0 heterocycles. The molecule has 0 amide bonds. The van der Waals surface area contributed by atoms with E-state index in [1.54, 1.807) is 0 Å². The summed E-state index contributed by atoms with van der Waals surface area (Å²) in [6.45, 7) is 0. The van der Waals surface area contributed by atoms with Gasteiger partial charge in [0.2, 0.25) is 0 Å². The first kappa shape index (κ1) is 27.6. The van der Waals surface area contributed by atoms with Crippen LogP contribution in [-0.2, 0) is 20.0 Å². The van der Waals surface area contributed by atoms with Gasteiger partial charge in [-0.1, -0.05) is 0 Å². The van der Waals surface area contributed by atoms with Gasteiger partial charge in [-0.2, -0.15) is 0 Å². The van der Waals surface area contributed by atoms with E-state index in [9.17, 15) is 35.4 Å². The third-order valence-electron chi connectivity index (χ3n) is 4.47. The smallest absolute Gasteiger partial charge is 0.265 e. The van der Waals surface area contributed by atoms with Gasteiger partial charge in [-0.05, 0) is 72.5 Å². The lowest BCUT2D eigenvalue weighted by molar-refractivity contribution is 0.402. The minimum atomic E-state index is -4.68. The van der Waals surface area contributed by atoms with Crippen molar-refractivity contribution in [3.8, 4) is 5.75 Å². The number of rotatable bonds is 9. The lowest BCUT2D eigenvalue weighted by Crippen LogP contribution is -2.18. The molecule has 0 unspecified atom stereocenters. The van der Waals surface area contributed by atoms with Crippen LogP contribution < -0.4 is 14.2 Å². The lowest BCUT2D eigenvalue weighted by Gasteiger charge is -2.16. The maximum Gasteiger partial charge on any atom is 0.265 e. The first-order valence-corrected chi connectivity index (χ1v) is 13.8. The van der Waals surface area contributed by atoms with E-state index in [1.165, 1.54) is 0 Å². The van der Waals surface area contributed by atoms with Crippen molar-refractivity contribution in [2.24, 2.45) is 10.4 Å². The van der Waals surface area contributed by atoms with Crippen LogP contribution in [0.15, 0.2) is 71.6 Å². The molecule has 3 aromatic carbocycles. The molecular weight excluding hydrogens is 658 g/mol. The fourth-order valence-corrected chi connectivity index (χ4v) is 6.62. The number of sulfonamides is 2. The molecule has 0 atom stereocenters. The summed E-state index contributed by atoms with van der Waals surface area (Å²) >= 11 is 5.87. The van der Waals surface area contributed by atoms with Gasteiger partial charge in [0.1, 0.15) is 22.0 Å². The van der Waals surface area contributed by atoms with Crippen LogP contribution in [0.4, 0.5) is 31.5 Å². The van der Waals surface area contributed by atoms with E-state index in [2.05, 4.69) is 42.2 Å². The first-order valence-electron chi connectivity index (χ1n) is 9.21. The minimum absolute atomic E-state index is 0.141. The van der Waals surface area contributed by atoms with Crippen molar-refractivity contribution in [3.05, 3.63) is 72.9 Å². The van der Waals surface area contributed by atoms with Crippen molar-refractivity contribution in [1.82, 2.24) is 0 Å². The monoisotopic (exact) mass is 668 g/mol. The number of ether oxygens (including phenoxy) is 1. The van der Waals surface area contributed by atoms with Gasteiger partial charge in [-0.15, -0.1) is 9.81 Å². The molecule has 0 aliphatic heterocycles. The van der Waals surface area contributed by atoms with Crippen molar-refractivity contribution < 1.29 is 30.4 Å². The minimum Gasteiger partial charge on any atom is -0.495 e. The number of halogens is 4. The molecule has 0 saturated heterocycles. The molecular formula is C19H12Br2F2N4O7S2. The summed E-state index contributed by atoms with van der Waals surface area (Å²) in [6, 6.07) is 6.25. The van der Waals surface area contributed by atoms with Gasteiger partial charge in [-0.3, -0.25) is 9.44 Å². The number of nitrogens with one attached hydrogen (secondary N) is 2. The molecule has 0 aliphatic carbocycles. The summed E-state index contributed by atoms with van der Waals surface area (Å²) in [5, 5.41) is 5.14. The lowest BCUT2D eigenvalue weighted by atomic mass is 10.3. The molecule has 0 spiro atoms. The zero-order chi connectivity index (χ0) is 26.8. The molecule has 0 aliphatic rings. The average molecular weight is 670 g/mol. The van der Waals surface area contributed by atoms with Crippen molar-refractivity contribution in [2.75, 3.05) is 16.6 Å². The Bertz CT molecular complexity index is 1560. The summed E-state index contributed by atoms with van der Waals surface area (Å²) < 4.78 is 89.4. The third-order valence-corrected chi connectivity index (χ3v) is 8.44. The van der Waals surface area contributed by atoms with E-state index >= 15 is 0 Å². The molecule has 17 heteroatoms. The highest BCUT2D eigenvalue weighted by molar-refractivity contribution is 9.11. The van der Waals surface area contributed by atoms with E-state index in [-0.39, 0.29) is 26.1 Å². The maximum atomic E-state index is 14.4. The zero-order valence-corrected chi connectivity index (χ0v) is 22.4. The molecule has 0 bridgehead atoms. The van der Waals surface area contributed by atoms with E-state index in [4.69, 9.17) is 4.74 Å². The third kappa shape index (κ3) is 5.69. The predicted molar refractivity (Wildman–Crippen MR) is 134 cm³/mol. The van der Waals surface area contributed by atoms with Gasteiger partial charge in [-0.25, -0.2) is 25.6 Å². The van der Waals surface area contributed by atoms with Crippen LogP contribution in [-0.4, -0.2) is 23.9 Å². The van der Waals surface area contributed by atoms with E-state index in [0.29, 0.717) is 18.2 Å². The highest BCUT2D eigenvalue weighted by atomic mass is 79.9. The zero-order valence-electron chi connectivity index (χ0n) is 17.6. The number of anilines is 2. The van der Waals surface area contributed by atoms with Crippen molar-refractivity contribution >= 4 is 74.7 Å². The number of nitrogens with zero attached hydrogens (tertiary/aromatic N) is 2. The second-order valence-electron chi connectivity index (χ2n) is 6.78. The molecule has 3 aromatic rings. The molecule has 0 fully saturated rings. The van der Waals surface area contributed by atoms with Crippen LogP contribution in [0.3, 0.4) is 0 Å². The second kappa shape index (κ2) is 10.5. The number of benzene rings is 3. The number of hydrogen-bond acceptors (Lipinski definition) is 9. The predicted octanol–water partition coefficient (Wildman–Crippen LogP) is 5.90. The summed E-state index contributed by atoms with van der Waals surface area (Å²) in [4.78, 5) is 20.0. The summed E-state index contributed by atoms with van der Waals surface area (Å²) in [5.74, 6) is -2.56. The quantitative estimate of drug-likeness (QED) is 0.268. The Hall–Kier alpha value is -3.02. The normalized spacial score (nSPS) is 11.6. The molecule has 11 nitrogen and oxygen atoms in total. The van der Waals surface area contributed by atoms with Crippen LogP contribution in [0.2, 0.25) is 0 Å². The van der Waals surface area contributed by atoms with Crippen LogP contribution in [0.1, 0.15) is 0 Å². The summed E-state index contributed by atoms with van der Waals surface area (Å²) in [7, 11) is -8.15. The molecule has 190 valence electrons. The van der Waals surface area contributed by atoms with Crippen molar-refractivity contribution in [2.45, 2.75) is 9.79 Å². The summed E-state index contributed by atoms with van der Waals surface area (Å²) in [6.07, 6.45) is 0. The highest BCUT2D eigenvalue weighted by Crippen LogP contribution is 2.36. The van der Waals surface area contributed by atoms with Gasteiger partial charge in [0.05, 0.1) is 23.4 Å². The Morgan fingerprint density at radius 3 is 1.67 bits per heavy atom. The van der Waals surface area contributed by atoms with Gasteiger partial charge >= 0.3 is 0 Å². The standard InChI is InChI=1S/C19H12Br2F2N4O7S2/c1-34-16-3-2-11(35(30,31)26-18-12(20)4-9(24-28)6-14(18)22)8-17(16)36(32,33)27-19-13(21)5-10(25-29)7-15(19)23/h2-8,26-27H,1H3. The van der Waals surface area contributed by atoms with Crippen LogP contribution >= 0.6 is 31.9 Å². The Morgan fingerprint density at radius 2 is 1.25 bits per heavy atom. The van der Waals surface area contributed by atoms with Gasteiger partial charge in [0.15, 0.2) is 11.6 Å². The molecule has 3 rings (SSSR count). The Labute approximate surface area is 219 Å². The Kier molecular flexibility index (Phi) is 8.07. The largest absolute Gasteiger partial charge is 0.495 e. The number of methoxy groups -OCH3 is 1. The van der Waals surface area contributed by atoms with E-state index < -0.39 is 52.8 Å². The number of hydrogen-bond donors (Lipinski definition) is 2. The first-order chi connectivity index (χ1) is 16.8. The Balaban J connectivity index is 2.06. The topological polar surface area (TPSA) is 160 Å². The Morgan fingerprint density at radius 1 is 0.778 bits per heavy atom. The average Bonchev–Trinajstić information content (AvgIpc) is 2.82. The number of nitroso groups, excluding NO2 is 2. The van der Waals surface area contributed by atoms with Crippen molar-refractivity contribution in [3.63, 3.8) is 0 Å². The van der Waals surface area contributed by atoms with Crippen LogP contribution in [0, 0.1) is 21.4 Å². The molecule has 2 N–H and O–H groups in total. The maximum absolute atomic E-state index is 14.4. The SMILES string of the molecule is COc1ccc(S(=O)(=O)Nc2c(F)cc(N=O)cc2Br)cc1S(=O)(=O)Nc1c(F)cc(N=O)cc1Br. The molecule has 0 radical (unpaired) electrons. The molecule has 36 heavy (non-hydrogen) atoms. The van der Waals surface area contributed by atoms with Gasteiger partial charge in [0, 0.05) is 21.1 Å². The molecule has 0 saturated carbocycles. The van der Waals surface area contributed by atoms with Crippen LogP contribution in [0.5, 0.6) is 5.75 Å².